The maximum absolute atomic E-state index is 12.2. The van der Waals surface area contributed by atoms with Crippen molar-refractivity contribution in [3.8, 4) is 0 Å². The molecule has 1 aliphatic rings. The number of nitrogens with zero attached hydrogens (tertiary/aromatic N) is 1. The minimum absolute atomic E-state index is 0.156. The van der Waals surface area contributed by atoms with E-state index in [-0.39, 0.29) is 17.7 Å². The molecule has 0 spiro atoms. The fourth-order valence-corrected chi connectivity index (χ4v) is 2.42. The zero-order valence-electron chi connectivity index (χ0n) is 25.6. The quantitative estimate of drug-likeness (QED) is 0.305. The molecule has 0 bridgehead atoms. The van der Waals surface area contributed by atoms with Gasteiger partial charge in [0.2, 0.25) is 5.91 Å². The van der Waals surface area contributed by atoms with Gasteiger partial charge in [0.05, 0.1) is 5.92 Å². The highest BCUT2D eigenvalue weighted by Gasteiger charge is 2.23. The van der Waals surface area contributed by atoms with Gasteiger partial charge in [-0.3, -0.25) is 9.59 Å². The molecule has 1 saturated heterocycles. The van der Waals surface area contributed by atoms with Crippen LogP contribution in [-0.4, -0.2) is 36.3 Å². The van der Waals surface area contributed by atoms with Gasteiger partial charge in [-0.15, -0.1) is 0 Å². The lowest BCUT2D eigenvalue weighted by molar-refractivity contribution is -0.129. The molecule has 1 heterocycles. The van der Waals surface area contributed by atoms with E-state index in [0.717, 1.165) is 44.0 Å². The average molecular weight is 493 g/mol. The lowest BCUT2D eigenvalue weighted by Crippen LogP contribution is -2.47. The second-order valence-corrected chi connectivity index (χ2v) is 7.84. The zero-order valence-corrected chi connectivity index (χ0v) is 25.6. The summed E-state index contributed by atoms with van der Waals surface area (Å²) in [7, 11) is 0. The summed E-state index contributed by atoms with van der Waals surface area (Å²) < 4.78 is 0. The third-order valence-corrected chi connectivity index (χ3v) is 4.65. The molecule has 0 saturated carbocycles. The molecule has 1 aromatic carbocycles. The van der Waals surface area contributed by atoms with Crippen molar-refractivity contribution in [2.75, 3.05) is 19.6 Å². The largest absolute Gasteiger partial charge is 0.354 e. The molecular formula is C31H60N2O2. The Kier molecular flexibility index (Phi) is 34.3. The van der Waals surface area contributed by atoms with E-state index < -0.39 is 0 Å². The topological polar surface area (TPSA) is 49.4 Å². The highest BCUT2D eigenvalue weighted by Crippen LogP contribution is 2.08. The monoisotopic (exact) mass is 492 g/mol. The number of benzene rings is 1. The molecule has 1 aromatic rings. The molecule has 1 unspecified atom stereocenters. The maximum Gasteiger partial charge on any atom is 0.253 e. The Bertz CT molecular complexity index is 601. The van der Waals surface area contributed by atoms with E-state index in [9.17, 15) is 9.59 Å². The van der Waals surface area contributed by atoms with E-state index in [1.54, 1.807) is 0 Å². The van der Waals surface area contributed by atoms with Gasteiger partial charge < -0.3 is 10.2 Å². The summed E-state index contributed by atoms with van der Waals surface area (Å²) in [6, 6.07) is 7.80. The minimum atomic E-state index is 0.156. The molecule has 35 heavy (non-hydrogen) atoms. The van der Waals surface area contributed by atoms with Gasteiger partial charge >= 0.3 is 0 Å². The summed E-state index contributed by atoms with van der Waals surface area (Å²) in [5, 5.41) is 2.65. The third-order valence-electron chi connectivity index (χ3n) is 4.65. The number of aryl methyl sites for hydroxylation is 1. The van der Waals surface area contributed by atoms with Crippen LogP contribution in [0.3, 0.4) is 0 Å². The van der Waals surface area contributed by atoms with E-state index in [1.165, 1.54) is 12.0 Å². The molecule has 4 nitrogen and oxygen atoms in total. The number of allylic oxidation sites excluding steroid dienone is 1. The van der Waals surface area contributed by atoms with Gasteiger partial charge in [0, 0.05) is 25.2 Å². The van der Waals surface area contributed by atoms with Crippen molar-refractivity contribution in [3.63, 3.8) is 0 Å². The van der Waals surface area contributed by atoms with Gasteiger partial charge in [0.25, 0.3) is 5.91 Å². The highest BCUT2D eigenvalue weighted by atomic mass is 16.2. The number of hydrogen-bond acceptors (Lipinski definition) is 2. The first-order chi connectivity index (χ1) is 16.8. The van der Waals surface area contributed by atoms with Crippen molar-refractivity contribution in [1.29, 1.82) is 0 Å². The van der Waals surface area contributed by atoms with E-state index >= 15 is 0 Å². The van der Waals surface area contributed by atoms with Gasteiger partial charge in [-0.25, -0.2) is 0 Å². The third kappa shape index (κ3) is 22.1. The van der Waals surface area contributed by atoms with Crippen LogP contribution in [0.15, 0.2) is 36.4 Å². The normalized spacial score (nSPS) is 12.9. The molecule has 0 aliphatic carbocycles. The van der Waals surface area contributed by atoms with Gasteiger partial charge in [-0.1, -0.05) is 112 Å². The molecule has 1 N–H and O–H groups in total. The lowest BCUT2D eigenvalue weighted by atomic mass is 10.0. The molecule has 4 heteroatoms. The molecule has 1 fully saturated rings. The number of carbonyl (C=O) groups excluding carboxylic acids is 2. The van der Waals surface area contributed by atoms with Crippen LogP contribution in [0.25, 0.3) is 0 Å². The van der Waals surface area contributed by atoms with Gasteiger partial charge in [0.1, 0.15) is 0 Å². The standard InChI is InChI=1S/C14H21NO.C6H9NO.C5H12.3C2H6/c1-4-10-15(11-5-2)14(16)13-8-6-12(3)7-9-13;1-2-3-5-4-7-6(5)8;1-4-5(2)3;3*1-2/h6-9H,4-5,10-11H2,1-3H3;2-3,5H,4H2,1H3,(H,7,8);5H,4H2,1-3H3;3*1-2H3. The second-order valence-electron chi connectivity index (χ2n) is 7.84. The molecular weight excluding hydrogens is 432 g/mol. The molecule has 0 aromatic heterocycles. The summed E-state index contributed by atoms with van der Waals surface area (Å²) >= 11 is 0. The van der Waals surface area contributed by atoms with E-state index in [0.29, 0.717) is 0 Å². The number of β-lactam (4-membered cyclic amide) rings is 1. The first kappa shape index (κ1) is 40.1. The van der Waals surface area contributed by atoms with Crippen molar-refractivity contribution in [3.05, 3.63) is 47.5 Å². The van der Waals surface area contributed by atoms with Gasteiger partial charge in [-0.05, 0) is 44.7 Å². The van der Waals surface area contributed by atoms with Crippen LogP contribution in [0, 0.1) is 18.8 Å². The van der Waals surface area contributed by atoms with Crippen molar-refractivity contribution in [1.82, 2.24) is 10.2 Å². The fraction of sp³-hybridized carbons (Fsp3) is 0.677. The van der Waals surface area contributed by atoms with Crippen LogP contribution in [0.4, 0.5) is 0 Å². The second kappa shape index (κ2) is 29.9. The number of nitrogens with one attached hydrogen (secondary N) is 1. The molecule has 1 atom stereocenters. The van der Waals surface area contributed by atoms with Crippen LogP contribution in [0.2, 0.25) is 0 Å². The predicted molar refractivity (Wildman–Crippen MR) is 158 cm³/mol. The van der Waals surface area contributed by atoms with Crippen LogP contribution in [0.5, 0.6) is 0 Å². The summed E-state index contributed by atoms with van der Waals surface area (Å²) in [4.78, 5) is 24.6. The maximum atomic E-state index is 12.2. The first-order valence-electron chi connectivity index (χ1n) is 14.1. The lowest BCUT2D eigenvalue weighted by Gasteiger charge is -2.22. The average Bonchev–Trinajstić information content (AvgIpc) is 2.90. The van der Waals surface area contributed by atoms with Gasteiger partial charge in [0.15, 0.2) is 0 Å². The van der Waals surface area contributed by atoms with Crippen LogP contribution in [0.1, 0.15) is 118 Å². The summed E-state index contributed by atoms with van der Waals surface area (Å²) in [6.45, 7) is 29.3. The van der Waals surface area contributed by atoms with Crippen molar-refractivity contribution in [2.24, 2.45) is 11.8 Å². The Morgan fingerprint density at radius 2 is 1.40 bits per heavy atom. The van der Waals surface area contributed by atoms with E-state index in [2.05, 4.69) is 39.9 Å². The SMILES string of the molecule is CC.CC.CC.CC=CC1CNC1=O.CCC(C)C.CCCN(CCC)C(=O)c1ccc(C)cc1. The molecule has 2 rings (SSSR count). The van der Waals surface area contributed by atoms with Crippen molar-refractivity contribution < 1.29 is 9.59 Å². The molecule has 206 valence electrons. The molecule has 1 aliphatic heterocycles. The van der Waals surface area contributed by atoms with Crippen LogP contribution < -0.4 is 5.32 Å². The predicted octanol–water partition coefficient (Wildman–Crippen LogP) is 8.70. The fourth-order valence-electron chi connectivity index (χ4n) is 2.42. The Labute approximate surface area is 220 Å². The molecule has 2 amide bonds. The minimum Gasteiger partial charge on any atom is -0.354 e. The van der Waals surface area contributed by atoms with Crippen molar-refractivity contribution in [2.45, 2.75) is 109 Å². The number of carbonyl (C=O) groups is 2. The Morgan fingerprint density at radius 3 is 1.63 bits per heavy atom. The summed E-state index contributed by atoms with van der Waals surface area (Å²) in [5.41, 5.74) is 1.99. The van der Waals surface area contributed by atoms with E-state index in [4.69, 9.17) is 0 Å². The highest BCUT2D eigenvalue weighted by molar-refractivity contribution is 5.94. The van der Waals surface area contributed by atoms with Crippen LogP contribution >= 0.6 is 0 Å². The smallest absolute Gasteiger partial charge is 0.253 e. The number of rotatable bonds is 7. The summed E-state index contributed by atoms with van der Waals surface area (Å²) in [6.07, 6.45) is 7.15. The zero-order chi connectivity index (χ0) is 28.2. The number of amides is 2. The van der Waals surface area contributed by atoms with Crippen molar-refractivity contribution >= 4 is 11.8 Å². The Hall–Kier alpha value is -2.10. The molecule has 0 radical (unpaired) electrons. The van der Waals surface area contributed by atoms with E-state index in [1.807, 2.05) is 96.7 Å². The number of hydrogen-bond donors (Lipinski definition) is 1. The summed E-state index contributed by atoms with van der Waals surface area (Å²) in [5.74, 6) is 1.36. The Morgan fingerprint density at radius 1 is 0.971 bits per heavy atom. The first-order valence-corrected chi connectivity index (χ1v) is 14.1. The Balaban J connectivity index is -0.000000211. The van der Waals surface area contributed by atoms with Crippen LogP contribution in [-0.2, 0) is 4.79 Å². The van der Waals surface area contributed by atoms with Gasteiger partial charge in [-0.2, -0.15) is 0 Å².